The third-order valence-corrected chi connectivity index (χ3v) is 8.38. The maximum absolute atomic E-state index is 12.9. The number of phenolic OH excluding ortho intramolecular Hbond substituents is 1. The predicted molar refractivity (Wildman–Crippen MR) is 179 cm³/mol. The number of carboxylic acids is 1. The molecule has 0 saturated heterocycles. The number of ether oxygens (including phenoxy) is 3. The van der Waals surface area contributed by atoms with Gasteiger partial charge in [-0.3, -0.25) is 14.9 Å². The fraction of sp³-hybridized carbons (Fsp3) is 0.472. The van der Waals surface area contributed by atoms with E-state index in [9.17, 15) is 19.5 Å². The van der Waals surface area contributed by atoms with Crippen molar-refractivity contribution >= 4 is 34.4 Å². The second kappa shape index (κ2) is 15.2. The van der Waals surface area contributed by atoms with Gasteiger partial charge >= 0.3 is 12.1 Å². The molecule has 0 fully saturated rings. The van der Waals surface area contributed by atoms with E-state index in [1.54, 1.807) is 18.2 Å². The normalized spacial score (nSPS) is 11.8. The standard InChI is InChI=1S/C36H48N2O8/c1-9-35(5,6)23-14-15-28(26(18-23)36(7,8)10-2)44-16-17-45-29-19-25(33(42)37-20-30(39)40)32(41)24-12-11-13-27(31(24)29)38-34(43)46-21-22(3)4/h11-15,18-19,22,41H,9-10,16-17,20-21H2,1-8H3,(H,37,42)(H,38,43)(H,39,40). The van der Waals surface area contributed by atoms with Crippen molar-refractivity contribution in [3.8, 4) is 17.2 Å². The molecule has 0 aliphatic heterocycles. The van der Waals surface area contributed by atoms with Gasteiger partial charge < -0.3 is 29.7 Å². The van der Waals surface area contributed by atoms with Crippen LogP contribution in [0.1, 0.15) is 89.7 Å². The van der Waals surface area contributed by atoms with Crippen molar-refractivity contribution in [3.63, 3.8) is 0 Å². The number of aliphatic carboxylic acids is 1. The summed E-state index contributed by atoms with van der Waals surface area (Å²) in [6.45, 7) is 16.8. The molecule has 0 aliphatic rings. The summed E-state index contributed by atoms with van der Waals surface area (Å²) in [5.74, 6) is -1.34. The first-order chi connectivity index (χ1) is 21.6. The lowest BCUT2D eigenvalue weighted by Crippen LogP contribution is -2.29. The van der Waals surface area contributed by atoms with Gasteiger partial charge in [0.25, 0.3) is 5.91 Å². The van der Waals surface area contributed by atoms with E-state index in [0.29, 0.717) is 11.1 Å². The van der Waals surface area contributed by atoms with Crippen LogP contribution in [0, 0.1) is 5.92 Å². The first-order valence-electron chi connectivity index (χ1n) is 15.7. The van der Waals surface area contributed by atoms with Crippen LogP contribution < -0.4 is 20.1 Å². The monoisotopic (exact) mass is 636 g/mol. The van der Waals surface area contributed by atoms with Gasteiger partial charge in [-0.15, -0.1) is 0 Å². The smallest absolute Gasteiger partial charge is 0.411 e. The molecule has 3 aromatic carbocycles. The third-order valence-electron chi connectivity index (χ3n) is 8.38. The average Bonchev–Trinajstić information content (AvgIpc) is 3.01. The number of hydrogen-bond acceptors (Lipinski definition) is 7. The zero-order valence-corrected chi connectivity index (χ0v) is 28.2. The Morgan fingerprint density at radius 3 is 2.15 bits per heavy atom. The number of aromatic hydroxyl groups is 1. The number of benzene rings is 3. The molecule has 0 unspecified atom stereocenters. The van der Waals surface area contributed by atoms with Crippen molar-refractivity contribution < 1.29 is 38.8 Å². The highest BCUT2D eigenvalue weighted by Gasteiger charge is 2.27. The van der Waals surface area contributed by atoms with Crippen LogP contribution in [-0.2, 0) is 20.4 Å². The Hall–Kier alpha value is -4.47. The molecule has 0 heterocycles. The fourth-order valence-electron chi connectivity index (χ4n) is 4.77. The molecule has 0 spiro atoms. The van der Waals surface area contributed by atoms with Crippen molar-refractivity contribution in [2.24, 2.45) is 5.92 Å². The number of nitrogens with one attached hydrogen (secondary N) is 2. The lowest BCUT2D eigenvalue weighted by atomic mass is 9.76. The Balaban J connectivity index is 1.96. The maximum Gasteiger partial charge on any atom is 0.411 e. The van der Waals surface area contributed by atoms with Gasteiger partial charge in [0.15, 0.2) is 0 Å². The first-order valence-corrected chi connectivity index (χ1v) is 15.7. The van der Waals surface area contributed by atoms with Crippen molar-refractivity contribution in [2.75, 3.05) is 31.7 Å². The average molecular weight is 637 g/mol. The molecule has 0 aromatic heterocycles. The summed E-state index contributed by atoms with van der Waals surface area (Å²) in [6, 6.07) is 12.5. The van der Waals surface area contributed by atoms with Gasteiger partial charge in [-0.1, -0.05) is 79.7 Å². The fourth-order valence-corrected chi connectivity index (χ4v) is 4.77. The molecule has 2 amide bonds. The van der Waals surface area contributed by atoms with Crippen LogP contribution in [0.25, 0.3) is 10.8 Å². The Bertz CT molecular complexity index is 1560. The van der Waals surface area contributed by atoms with Gasteiger partial charge in [0.1, 0.15) is 37.0 Å². The molecule has 4 N–H and O–H groups in total. The summed E-state index contributed by atoms with van der Waals surface area (Å²) in [5, 5.41) is 25.6. The molecule has 10 nitrogen and oxygen atoms in total. The van der Waals surface area contributed by atoms with Crippen molar-refractivity contribution in [1.82, 2.24) is 5.32 Å². The van der Waals surface area contributed by atoms with E-state index < -0.39 is 24.5 Å². The molecule has 0 radical (unpaired) electrons. The molecule has 0 bridgehead atoms. The minimum Gasteiger partial charge on any atom is -0.506 e. The van der Waals surface area contributed by atoms with Gasteiger partial charge in [0.2, 0.25) is 0 Å². The second-order valence-electron chi connectivity index (χ2n) is 13.1. The lowest BCUT2D eigenvalue weighted by molar-refractivity contribution is -0.135. The highest BCUT2D eigenvalue weighted by molar-refractivity contribution is 6.11. The largest absolute Gasteiger partial charge is 0.506 e. The molecular formula is C36H48N2O8. The summed E-state index contributed by atoms with van der Waals surface area (Å²) in [6.07, 6.45) is 1.23. The van der Waals surface area contributed by atoms with E-state index in [2.05, 4.69) is 64.3 Å². The number of carbonyl (C=O) groups excluding carboxylic acids is 2. The number of hydrogen-bond donors (Lipinski definition) is 4. The van der Waals surface area contributed by atoms with E-state index in [4.69, 9.17) is 19.3 Å². The molecule has 250 valence electrons. The SMILES string of the molecule is CCC(C)(C)c1ccc(OCCOc2cc(C(=O)NCC(=O)O)c(O)c3cccc(NC(=O)OCC(C)C)c23)c(C(C)(C)CC)c1. The zero-order chi connectivity index (χ0) is 34.2. The molecule has 46 heavy (non-hydrogen) atoms. The molecule has 0 atom stereocenters. The van der Waals surface area contributed by atoms with Crippen LogP contribution in [0.15, 0.2) is 42.5 Å². The molecule has 3 aromatic rings. The van der Waals surface area contributed by atoms with Crippen molar-refractivity contribution in [3.05, 3.63) is 59.2 Å². The van der Waals surface area contributed by atoms with Gasteiger partial charge in [-0.05, 0) is 53.4 Å². The van der Waals surface area contributed by atoms with Crippen LogP contribution >= 0.6 is 0 Å². The number of anilines is 1. The number of carboxylic acid groups (broad SMARTS) is 1. The van der Waals surface area contributed by atoms with E-state index >= 15 is 0 Å². The van der Waals surface area contributed by atoms with Crippen LogP contribution in [0.3, 0.4) is 0 Å². The van der Waals surface area contributed by atoms with Crippen LogP contribution in [-0.4, -0.2) is 54.5 Å². The zero-order valence-electron chi connectivity index (χ0n) is 28.2. The molecule has 0 aliphatic carbocycles. The van der Waals surface area contributed by atoms with E-state index in [1.165, 1.54) is 11.6 Å². The molecular weight excluding hydrogens is 588 g/mol. The number of amides is 2. The molecule has 3 rings (SSSR count). The Morgan fingerprint density at radius 2 is 1.54 bits per heavy atom. The predicted octanol–water partition coefficient (Wildman–Crippen LogP) is 7.40. The van der Waals surface area contributed by atoms with Gasteiger partial charge in [0.05, 0.1) is 23.2 Å². The number of fused-ring (bicyclic) bond motifs is 1. The van der Waals surface area contributed by atoms with Crippen LogP contribution in [0.5, 0.6) is 17.2 Å². The Kier molecular flexibility index (Phi) is 11.9. The van der Waals surface area contributed by atoms with E-state index in [1.807, 2.05) is 19.9 Å². The number of carbonyl (C=O) groups is 3. The second-order valence-corrected chi connectivity index (χ2v) is 13.1. The minimum atomic E-state index is -1.23. The summed E-state index contributed by atoms with van der Waals surface area (Å²) in [5.41, 5.74) is 2.36. The Labute approximate surface area is 271 Å². The number of rotatable bonds is 15. The summed E-state index contributed by atoms with van der Waals surface area (Å²) >= 11 is 0. The summed E-state index contributed by atoms with van der Waals surface area (Å²) in [4.78, 5) is 36.5. The highest BCUT2D eigenvalue weighted by Crippen LogP contribution is 2.41. The van der Waals surface area contributed by atoms with Gasteiger partial charge in [0, 0.05) is 10.9 Å². The third kappa shape index (κ3) is 8.83. The summed E-state index contributed by atoms with van der Waals surface area (Å²) in [7, 11) is 0. The van der Waals surface area contributed by atoms with Gasteiger partial charge in [-0.2, -0.15) is 0 Å². The van der Waals surface area contributed by atoms with Gasteiger partial charge in [-0.25, -0.2) is 4.79 Å². The molecule has 0 saturated carbocycles. The summed E-state index contributed by atoms with van der Waals surface area (Å²) < 4.78 is 17.7. The molecule has 10 heteroatoms. The topological polar surface area (TPSA) is 143 Å². The van der Waals surface area contributed by atoms with Crippen LogP contribution in [0.4, 0.5) is 10.5 Å². The van der Waals surface area contributed by atoms with E-state index in [-0.39, 0.29) is 59.0 Å². The first kappa shape index (κ1) is 36.0. The maximum atomic E-state index is 12.9. The minimum absolute atomic E-state index is 0.0154. The highest BCUT2D eigenvalue weighted by atomic mass is 16.5. The van der Waals surface area contributed by atoms with Crippen LogP contribution in [0.2, 0.25) is 0 Å². The number of phenols is 1. The van der Waals surface area contributed by atoms with Crippen molar-refractivity contribution in [2.45, 2.75) is 79.1 Å². The van der Waals surface area contributed by atoms with E-state index in [0.717, 1.165) is 24.2 Å². The lowest BCUT2D eigenvalue weighted by Gasteiger charge is -2.30. The Morgan fingerprint density at radius 1 is 0.891 bits per heavy atom. The van der Waals surface area contributed by atoms with Crippen molar-refractivity contribution in [1.29, 1.82) is 0 Å². The quantitative estimate of drug-likeness (QED) is 0.126.